The van der Waals surface area contributed by atoms with Crippen molar-refractivity contribution in [2.24, 2.45) is 0 Å². The quantitative estimate of drug-likeness (QED) is 0.776. The maximum Gasteiger partial charge on any atom is 0.291 e. The molecule has 0 saturated heterocycles. The van der Waals surface area contributed by atoms with Crippen molar-refractivity contribution < 1.29 is 4.79 Å². The zero-order valence-corrected chi connectivity index (χ0v) is 11.5. The van der Waals surface area contributed by atoms with E-state index in [2.05, 4.69) is 30.7 Å². The van der Waals surface area contributed by atoms with Crippen LogP contribution in [0.4, 0.5) is 0 Å². The van der Waals surface area contributed by atoms with Crippen molar-refractivity contribution in [2.75, 3.05) is 0 Å². The lowest BCUT2D eigenvalue weighted by atomic mass is 9.96. The third-order valence-electron chi connectivity index (χ3n) is 2.77. The molecule has 3 N–H and O–H groups in total. The molecule has 0 aliphatic rings. The summed E-state index contributed by atoms with van der Waals surface area (Å²) in [6.07, 6.45) is 3.41. The van der Waals surface area contributed by atoms with Gasteiger partial charge >= 0.3 is 0 Å². The molecular weight excluding hydrogens is 244 g/mol. The molecular formula is C12H18N6O. The van der Waals surface area contributed by atoms with Gasteiger partial charge in [-0.1, -0.05) is 20.8 Å². The molecule has 0 spiro atoms. The van der Waals surface area contributed by atoms with Crippen LogP contribution in [0.1, 0.15) is 55.7 Å². The summed E-state index contributed by atoms with van der Waals surface area (Å²) in [6.45, 7) is 7.88. The zero-order valence-electron chi connectivity index (χ0n) is 11.5. The van der Waals surface area contributed by atoms with Gasteiger partial charge in [0.25, 0.3) is 5.91 Å². The Morgan fingerprint density at radius 3 is 2.68 bits per heavy atom. The van der Waals surface area contributed by atoms with Crippen LogP contribution in [0.2, 0.25) is 0 Å². The van der Waals surface area contributed by atoms with Gasteiger partial charge in [-0.25, -0.2) is 4.98 Å². The Bertz CT molecular complexity index is 551. The first-order valence-electron chi connectivity index (χ1n) is 6.10. The third kappa shape index (κ3) is 2.98. The van der Waals surface area contributed by atoms with Crippen molar-refractivity contribution in [3.63, 3.8) is 0 Å². The number of H-pyrrole nitrogens is 2. The van der Waals surface area contributed by atoms with Crippen molar-refractivity contribution in [1.29, 1.82) is 0 Å². The molecule has 2 heterocycles. The lowest BCUT2D eigenvalue weighted by molar-refractivity contribution is 0.0929. The van der Waals surface area contributed by atoms with Gasteiger partial charge in [0.1, 0.15) is 5.82 Å². The van der Waals surface area contributed by atoms with Crippen molar-refractivity contribution in [3.05, 3.63) is 29.6 Å². The molecule has 0 bridgehead atoms. The zero-order chi connectivity index (χ0) is 14.0. The molecule has 1 amide bonds. The van der Waals surface area contributed by atoms with Crippen molar-refractivity contribution in [2.45, 2.75) is 39.2 Å². The summed E-state index contributed by atoms with van der Waals surface area (Å²) in [5, 5.41) is 16.1. The average molecular weight is 262 g/mol. The molecule has 1 unspecified atom stereocenters. The van der Waals surface area contributed by atoms with E-state index in [0.717, 1.165) is 5.56 Å². The van der Waals surface area contributed by atoms with Crippen LogP contribution in [-0.4, -0.2) is 31.3 Å². The van der Waals surface area contributed by atoms with Gasteiger partial charge in [0.15, 0.2) is 0 Å². The molecule has 0 aromatic carbocycles. The number of nitrogens with zero attached hydrogens (tertiary/aromatic N) is 3. The van der Waals surface area contributed by atoms with Gasteiger partial charge in [-0.05, 0) is 6.92 Å². The minimum absolute atomic E-state index is 0.150. The minimum atomic E-state index is -0.305. The van der Waals surface area contributed by atoms with E-state index < -0.39 is 0 Å². The Balaban J connectivity index is 2.06. The van der Waals surface area contributed by atoms with E-state index >= 15 is 0 Å². The van der Waals surface area contributed by atoms with Crippen LogP contribution in [-0.2, 0) is 5.41 Å². The fourth-order valence-electron chi connectivity index (χ4n) is 1.54. The fraction of sp³-hybridized carbons (Fsp3) is 0.500. The first-order chi connectivity index (χ1) is 8.88. The van der Waals surface area contributed by atoms with Gasteiger partial charge in [0, 0.05) is 17.2 Å². The van der Waals surface area contributed by atoms with Gasteiger partial charge in [0.05, 0.1) is 12.2 Å². The summed E-state index contributed by atoms with van der Waals surface area (Å²) in [5.41, 5.74) is 0.738. The Labute approximate surface area is 111 Å². The predicted octanol–water partition coefficient (Wildman–Crippen LogP) is 1.32. The average Bonchev–Trinajstić information content (AvgIpc) is 3.00. The molecule has 2 rings (SSSR count). The Morgan fingerprint density at radius 2 is 2.16 bits per heavy atom. The number of rotatable bonds is 3. The van der Waals surface area contributed by atoms with Crippen LogP contribution >= 0.6 is 0 Å². The number of nitrogens with one attached hydrogen (secondary N) is 3. The molecule has 2 aromatic rings. The van der Waals surface area contributed by atoms with E-state index in [0.29, 0.717) is 5.82 Å². The predicted molar refractivity (Wildman–Crippen MR) is 69.6 cm³/mol. The molecule has 0 saturated carbocycles. The Morgan fingerprint density at radius 1 is 1.42 bits per heavy atom. The number of aromatic amines is 2. The highest BCUT2D eigenvalue weighted by Crippen LogP contribution is 2.17. The molecule has 2 aromatic heterocycles. The van der Waals surface area contributed by atoms with Crippen molar-refractivity contribution >= 4 is 5.91 Å². The number of aromatic nitrogens is 5. The highest BCUT2D eigenvalue weighted by Gasteiger charge is 2.22. The second-order valence-corrected chi connectivity index (χ2v) is 5.48. The number of carbonyl (C=O) groups is 1. The topological polar surface area (TPSA) is 99.3 Å². The van der Waals surface area contributed by atoms with E-state index in [9.17, 15) is 4.79 Å². The summed E-state index contributed by atoms with van der Waals surface area (Å²) in [7, 11) is 0. The second-order valence-electron chi connectivity index (χ2n) is 5.48. The second kappa shape index (κ2) is 4.83. The highest BCUT2D eigenvalue weighted by molar-refractivity contribution is 5.90. The number of hydrogen-bond donors (Lipinski definition) is 3. The molecule has 7 heteroatoms. The third-order valence-corrected chi connectivity index (χ3v) is 2.77. The van der Waals surface area contributed by atoms with E-state index in [1.54, 1.807) is 12.4 Å². The van der Waals surface area contributed by atoms with E-state index in [4.69, 9.17) is 0 Å². The Kier molecular flexibility index (Phi) is 3.37. The van der Waals surface area contributed by atoms with E-state index in [1.165, 1.54) is 0 Å². The lowest BCUT2D eigenvalue weighted by Gasteiger charge is -2.13. The van der Waals surface area contributed by atoms with E-state index in [-0.39, 0.29) is 23.2 Å². The maximum atomic E-state index is 12.0. The monoisotopic (exact) mass is 262 g/mol. The fourth-order valence-corrected chi connectivity index (χ4v) is 1.54. The number of amides is 1. The standard InChI is InChI=1S/C12H18N6O/c1-7(8-5-13-14-6-8)15-10(19)9-16-11(18-17-9)12(2,3)4/h5-7H,1-4H3,(H,13,14)(H,15,19)(H,16,17,18). The summed E-state index contributed by atoms with van der Waals surface area (Å²) in [4.78, 5) is 16.2. The van der Waals surface area contributed by atoms with Gasteiger partial charge in [-0.2, -0.15) is 5.10 Å². The minimum Gasteiger partial charge on any atom is -0.343 e. The van der Waals surface area contributed by atoms with Crippen molar-refractivity contribution in [3.8, 4) is 0 Å². The molecule has 0 radical (unpaired) electrons. The summed E-state index contributed by atoms with van der Waals surface area (Å²) < 4.78 is 0. The lowest BCUT2D eigenvalue weighted by Crippen LogP contribution is -2.27. The molecule has 0 fully saturated rings. The SMILES string of the molecule is CC(NC(=O)c1n[nH]c(C(C)(C)C)n1)c1cn[nH]c1. The molecule has 102 valence electrons. The van der Waals surface area contributed by atoms with Crippen LogP contribution in [0, 0.1) is 0 Å². The summed E-state index contributed by atoms with van der Waals surface area (Å²) in [5.74, 6) is 0.536. The summed E-state index contributed by atoms with van der Waals surface area (Å²) in [6, 6.07) is -0.150. The molecule has 19 heavy (non-hydrogen) atoms. The number of carbonyl (C=O) groups excluding carboxylic acids is 1. The van der Waals surface area contributed by atoms with Gasteiger partial charge < -0.3 is 5.32 Å². The Hall–Kier alpha value is -2.18. The van der Waals surface area contributed by atoms with Gasteiger partial charge in [-0.3, -0.25) is 15.0 Å². The maximum absolute atomic E-state index is 12.0. The largest absolute Gasteiger partial charge is 0.343 e. The highest BCUT2D eigenvalue weighted by atomic mass is 16.2. The van der Waals surface area contributed by atoms with Crippen LogP contribution in [0.15, 0.2) is 12.4 Å². The van der Waals surface area contributed by atoms with Crippen LogP contribution in [0.3, 0.4) is 0 Å². The van der Waals surface area contributed by atoms with E-state index in [1.807, 2.05) is 27.7 Å². The molecule has 1 atom stereocenters. The van der Waals surface area contributed by atoms with Crippen LogP contribution < -0.4 is 5.32 Å². The smallest absolute Gasteiger partial charge is 0.291 e. The normalized spacial score (nSPS) is 13.3. The van der Waals surface area contributed by atoms with Crippen LogP contribution in [0.25, 0.3) is 0 Å². The van der Waals surface area contributed by atoms with Crippen molar-refractivity contribution in [1.82, 2.24) is 30.7 Å². The number of hydrogen-bond acceptors (Lipinski definition) is 4. The van der Waals surface area contributed by atoms with Gasteiger partial charge in [-0.15, -0.1) is 5.10 Å². The molecule has 7 nitrogen and oxygen atoms in total. The first kappa shape index (κ1) is 13.3. The first-order valence-corrected chi connectivity index (χ1v) is 6.10. The van der Waals surface area contributed by atoms with Gasteiger partial charge in [0.2, 0.25) is 5.82 Å². The van der Waals surface area contributed by atoms with Crippen LogP contribution in [0.5, 0.6) is 0 Å². The summed E-state index contributed by atoms with van der Waals surface area (Å²) >= 11 is 0. The molecule has 0 aliphatic heterocycles. The molecule has 0 aliphatic carbocycles.